The van der Waals surface area contributed by atoms with E-state index in [-0.39, 0.29) is 23.8 Å². The van der Waals surface area contributed by atoms with E-state index >= 15 is 0 Å². The number of amides is 4. The monoisotopic (exact) mass is 379 g/mol. The van der Waals surface area contributed by atoms with E-state index in [0.29, 0.717) is 45.7 Å². The Morgan fingerprint density at radius 1 is 1.37 bits per heavy atom. The van der Waals surface area contributed by atoms with Gasteiger partial charge in [-0.2, -0.15) is 5.26 Å². The van der Waals surface area contributed by atoms with Gasteiger partial charge in [0.1, 0.15) is 11.6 Å². The largest absolute Gasteiger partial charge is 0.378 e. The molecule has 9 nitrogen and oxygen atoms in total. The summed E-state index contributed by atoms with van der Waals surface area (Å²) in [5.41, 5.74) is -1.46. The van der Waals surface area contributed by atoms with Crippen molar-refractivity contribution in [2.24, 2.45) is 5.41 Å². The summed E-state index contributed by atoms with van der Waals surface area (Å²) < 4.78 is 5.25. The van der Waals surface area contributed by atoms with Crippen molar-refractivity contribution in [3.05, 3.63) is 0 Å². The molecule has 2 saturated heterocycles. The van der Waals surface area contributed by atoms with E-state index < -0.39 is 17.5 Å². The van der Waals surface area contributed by atoms with Crippen molar-refractivity contribution < 1.29 is 19.1 Å². The van der Waals surface area contributed by atoms with E-state index in [1.54, 1.807) is 4.90 Å². The number of nitriles is 1. The number of carbonyl (C=O) groups is 3. The molecule has 4 amide bonds. The zero-order chi connectivity index (χ0) is 20.1. The molecular formula is C18H29N5O4. The number of ether oxygens (including phenoxy) is 1. The van der Waals surface area contributed by atoms with Gasteiger partial charge in [-0.15, -0.1) is 0 Å². The van der Waals surface area contributed by atoms with Crippen molar-refractivity contribution in [1.82, 2.24) is 20.9 Å². The summed E-state index contributed by atoms with van der Waals surface area (Å²) in [6.45, 7) is 8.13. The van der Waals surface area contributed by atoms with Gasteiger partial charge in [-0.05, 0) is 11.8 Å². The predicted molar refractivity (Wildman–Crippen MR) is 97.5 cm³/mol. The van der Waals surface area contributed by atoms with Gasteiger partial charge in [-0.3, -0.25) is 9.59 Å². The van der Waals surface area contributed by atoms with Crippen molar-refractivity contribution in [3.63, 3.8) is 0 Å². The zero-order valence-corrected chi connectivity index (χ0v) is 16.3. The molecule has 150 valence electrons. The number of carbonyl (C=O) groups excluding carboxylic acids is 3. The quantitative estimate of drug-likeness (QED) is 0.640. The number of rotatable bonds is 4. The molecule has 0 aromatic heterocycles. The molecule has 0 aromatic carbocycles. The van der Waals surface area contributed by atoms with Crippen LogP contribution < -0.4 is 16.0 Å². The third-order valence-corrected chi connectivity index (χ3v) is 4.64. The van der Waals surface area contributed by atoms with Crippen LogP contribution in [0.1, 0.15) is 40.0 Å². The zero-order valence-electron chi connectivity index (χ0n) is 16.3. The second kappa shape index (κ2) is 8.57. The molecule has 0 aliphatic carbocycles. The Hall–Kier alpha value is -2.34. The molecule has 3 N–H and O–H groups in total. The lowest BCUT2D eigenvalue weighted by atomic mass is 9.86. The van der Waals surface area contributed by atoms with Gasteiger partial charge in [0.05, 0.1) is 25.7 Å². The highest BCUT2D eigenvalue weighted by Gasteiger charge is 2.40. The first-order valence-electron chi connectivity index (χ1n) is 9.27. The summed E-state index contributed by atoms with van der Waals surface area (Å²) in [4.78, 5) is 38.8. The van der Waals surface area contributed by atoms with Crippen LogP contribution in [0.25, 0.3) is 0 Å². The van der Waals surface area contributed by atoms with Gasteiger partial charge in [0.2, 0.25) is 11.8 Å². The number of piperidine rings is 1. The molecule has 2 heterocycles. The molecular weight excluding hydrogens is 350 g/mol. The molecule has 0 spiro atoms. The fourth-order valence-corrected chi connectivity index (χ4v) is 3.22. The molecule has 2 atom stereocenters. The Bertz CT molecular complexity index is 618. The van der Waals surface area contributed by atoms with E-state index in [4.69, 9.17) is 4.74 Å². The van der Waals surface area contributed by atoms with E-state index in [0.717, 1.165) is 0 Å². The first kappa shape index (κ1) is 21.0. The van der Waals surface area contributed by atoms with Gasteiger partial charge in [0.15, 0.2) is 0 Å². The van der Waals surface area contributed by atoms with Crippen LogP contribution in [0.3, 0.4) is 0 Å². The topological polar surface area (TPSA) is 124 Å². The molecule has 27 heavy (non-hydrogen) atoms. The number of hydrogen-bond acceptors (Lipinski definition) is 5. The Kier molecular flexibility index (Phi) is 6.65. The Balaban J connectivity index is 2.09. The van der Waals surface area contributed by atoms with Crippen LogP contribution in [-0.4, -0.2) is 67.2 Å². The van der Waals surface area contributed by atoms with Gasteiger partial charge in [0.25, 0.3) is 0 Å². The van der Waals surface area contributed by atoms with Gasteiger partial charge in [-0.25, -0.2) is 4.79 Å². The average Bonchev–Trinajstić information content (AvgIpc) is 2.60. The maximum Gasteiger partial charge on any atom is 0.318 e. The number of nitrogens with one attached hydrogen (secondary N) is 3. The number of nitrogens with zero attached hydrogens (tertiary/aromatic N) is 2. The predicted octanol–water partition coefficient (Wildman–Crippen LogP) is 0.122. The second-order valence-electron chi connectivity index (χ2n) is 8.33. The Morgan fingerprint density at radius 3 is 2.59 bits per heavy atom. The van der Waals surface area contributed by atoms with E-state index in [2.05, 4.69) is 22.0 Å². The molecule has 9 heteroatoms. The molecule has 0 aromatic rings. The van der Waals surface area contributed by atoms with Crippen LogP contribution in [0.4, 0.5) is 4.79 Å². The maximum absolute atomic E-state index is 12.9. The Morgan fingerprint density at radius 2 is 2.04 bits per heavy atom. The fraction of sp³-hybridized carbons (Fsp3) is 0.778. The highest BCUT2D eigenvalue weighted by atomic mass is 16.5. The fourth-order valence-electron chi connectivity index (χ4n) is 3.22. The minimum atomic E-state index is -1.24. The highest BCUT2D eigenvalue weighted by molar-refractivity contribution is 5.89. The summed E-state index contributed by atoms with van der Waals surface area (Å²) >= 11 is 0. The molecule has 0 radical (unpaired) electrons. The molecule has 2 rings (SSSR count). The summed E-state index contributed by atoms with van der Waals surface area (Å²) in [6.07, 6.45) is 0.651. The van der Waals surface area contributed by atoms with Gasteiger partial charge < -0.3 is 25.6 Å². The lowest BCUT2D eigenvalue weighted by molar-refractivity contribution is -0.127. The van der Waals surface area contributed by atoms with Gasteiger partial charge >= 0.3 is 6.03 Å². The SMILES string of the molecule is CC(C)(C)CC(NC(=O)N1CCOCC1)C(=O)NC1(C#N)CCNC(=O)C1. The van der Waals surface area contributed by atoms with E-state index in [1.165, 1.54) is 0 Å². The first-order valence-corrected chi connectivity index (χ1v) is 9.27. The minimum Gasteiger partial charge on any atom is -0.378 e. The number of hydrogen-bond donors (Lipinski definition) is 3. The summed E-state index contributed by atoms with van der Waals surface area (Å²) in [5, 5.41) is 17.7. The van der Waals surface area contributed by atoms with Crippen molar-refractivity contribution >= 4 is 17.8 Å². The minimum absolute atomic E-state index is 0.0884. The van der Waals surface area contributed by atoms with Crippen LogP contribution >= 0.6 is 0 Å². The van der Waals surface area contributed by atoms with Gasteiger partial charge in [-0.1, -0.05) is 20.8 Å². The average molecular weight is 379 g/mol. The van der Waals surface area contributed by atoms with Crippen LogP contribution in [0.2, 0.25) is 0 Å². The second-order valence-corrected chi connectivity index (χ2v) is 8.33. The molecule has 2 aliphatic heterocycles. The van der Waals surface area contributed by atoms with Crippen molar-refractivity contribution in [3.8, 4) is 6.07 Å². The summed E-state index contributed by atoms with van der Waals surface area (Å²) in [5.74, 6) is -0.712. The van der Waals surface area contributed by atoms with E-state index in [1.807, 2.05) is 20.8 Å². The summed E-state index contributed by atoms with van der Waals surface area (Å²) in [6, 6.07) is 0.961. The third kappa shape index (κ3) is 6.10. The molecule has 2 unspecified atom stereocenters. The molecule has 0 saturated carbocycles. The van der Waals surface area contributed by atoms with Crippen LogP contribution in [-0.2, 0) is 14.3 Å². The lowest BCUT2D eigenvalue weighted by Crippen LogP contribution is -2.61. The molecule has 0 bridgehead atoms. The lowest BCUT2D eigenvalue weighted by Gasteiger charge is -2.35. The van der Waals surface area contributed by atoms with Gasteiger partial charge in [0, 0.05) is 26.1 Å². The Labute approximate surface area is 159 Å². The van der Waals surface area contributed by atoms with Crippen molar-refractivity contribution in [2.45, 2.75) is 51.6 Å². The normalized spacial score (nSPS) is 24.4. The van der Waals surface area contributed by atoms with E-state index in [9.17, 15) is 19.6 Å². The molecule has 2 fully saturated rings. The van der Waals surface area contributed by atoms with Crippen molar-refractivity contribution in [1.29, 1.82) is 5.26 Å². The van der Waals surface area contributed by atoms with Crippen LogP contribution in [0.15, 0.2) is 0 Å². The summed E-state index contributed by atoms with van der Waals surface area (Å²) in [7, 11) is 0. The smallest absolute Gasteiger partial charge is 0.318 e. The third-order valence-electron chi connectivity index (χ3n) is 4.64. The van der Waals surface area contributed by atoms with Crippen LogP contribution in [0, 0.1) is 16.7 Å². The van der Waals surface area contributed by atoms with Crippen LogP contribution in [0.5, 0.6) is 0 Å². The number of morpholine rings is 1. The van der Waals surface area contributed by atoms with Crippen molar-refractivity contribution in [2.75, 3.05) is 32.8 Å². The maximum atomic E-state index is 12.9. The molecule has 2 aliphatic rings. The number of urea groups is 1. The highest BCUT2D eigenvalue weighted by Crippen LogP contribution is 2.23. The standard InChI is InChI=1S/C18H29N5O4/c1-17(2,3)10-13(21-16(26)23-6-8-27-9-7-23)15(25)22-18(12-19)4-5-20-14(24)11-18/h13H,4-11H2,1-3H3,(H,20,24)(H,21,26)(H,22,25). The first-order chi connectivity index (χ1) is 12.6.